The van der Waals surface area contributed by atoms with Gasteiger partial charge in [-0.1, -0.05) is 50.6 Å². The average Bonchev–Trinajstić information content (AvgIpc) is 3.66. The maximum Gasteiger partial charge on any atom is 0.324 e. The summed E-state index contributed by atoms with van der Waals surface area (Å²) in [5, 5.41) is 11.5. The van der Waals surface area contributed by atoms with Gasteiger partial charge >= 0.3 is 16.2 Å². The fraction of sp³-hybridized carbons (Fsp3) is 0.364. The van der Waals surface area contributed by atoms with Crippen LogP contribution in [-0.2, 0) is 22.0 Å². The number of carbonyl (C=O) groups excluding carboxylic acids is 1. The van der Waals surface area contributed by atoms with Crippen molar-refractivity contribution < 1.29 is 13.2 Å². The van der Waals surface area contributed by atoms with Crippen LogP contribution in [0.3, 0.4) is 0 Å². The van der Waals surface area contributed by atoms with Gasteiger partial charge in [-0.15, -0.1) is 0 Å². The third-order valence-corrected chi connectivity index (χ3v) is 11.0. The summed E-state index contributed by atoms with van der Waals surface area (Å²) in [5.74, 6) is 0.984. The highest BCUT2D eigenvalue weighted by atomic mass is 32.2. The van der Waals surface area contributed by atoms with Crippen LogP contribution in [0.4, 0.5) is 16.3 Å². The van der Waals surface area contributed by atoms with E-state index in [-0.39, 0.29) is 11.4 Å². The van der Waals surface area contributed by atoms with Crippen molar-refractivity contribution in [3.8, 4) is 5.69 Å². The number of hydrogen-bond donors (Lipinski definition) is 2. The van der Waals surface area contributed by atoms with Gasteiger partial charge in [-0.3, -0.25) is 9.62 Å². The molecule has 0 aliphatic carbocycles. The van der Waals surface area contributed by atoms with Crippen LogP contribution in [0.1, 0.15) is 50.4 Å². The molecule has 0 atom stereocenters. The standard InChI is InChI=1S/C33H39N7O3S2/c1-23-5-11-28(12-6-23)40-31(20-30(37-40)33(2,3)4)36-32(41)35-27-9-7-24(8-10-27)19-25-13-16-38(17-14-25)45(42,43)39-18-15-29-26(22-39)21-34-44-29/h5-12,15,20-22,25H,13-14,16-19H2,1-4H3,(H2,35,36,41). The van der Waals surface area contributed by atoms with Crippen molar-refractivity contribution in [2.75, 3.05) is 30.3 Å². The highest BCUT2D eigenvalue weighted by molar-refractivity contribution is 7.87. The Kier molecular flexibility index (Phi) is 8.55. The lowest BCUT2D eigenvalue weighted by Gasteiger charge is -2.34. The lowest BCUT2D eigenvalue weighted by molar-refractivity contribution is 0.262. The van der Waals surface area contributed by atoms with E-state index in [4.69, 9.17) is 5.10 Å². The van der Waals surface area contributed by atoms with Gasteiger partial charge in [0.1, 0.15) is 5.82 Å². The second-order valence-electron chi connectivity index (χ2n) is 12.8. The summed E-state index contributed by atoms with van der Waals surface area (Å²) < 4.78 is 36.5. The van der Waals surface area contributed by atoms with Gasteiger partial charge in [-0.05, 0) is 79.5 Å². The second-order valence-corrected chi connectivity index (χ2v) is 15.5. The van der Waals surface area contributed by atoms with Crippen LogP contribution in [0, 0.1) is 12.8 Å². The number of amides is 2. The normalized spacial score (nSPS) is 16.0. The molecule has 1 fully saturated rings. The molecule has 1 saturated heterocycles. The molecular formula is C33H39N7O3S2. The Labute approximate surface area is 268 Å². The number of nitrogens with zero attached hydrogens (tertiary/aromatic N) is 5. The highest BCUT2D eigenvalue weighted by Crippen LogP contribution is 2.28. The number of hydrogen-bond acceptors (Lipinski definition) is 6. The summed E-state index contributed by atoms with van der Waals surface area (Å²) in [6.07, 6.45) is 7.79. The van der Waals surface area contributed by atoms with Gasteiger partial charge in [-0.2, -0.15) is 22.2 Å². The summed E-state index contributed by atoms with van der Waals surface area (Å²) in [6.45, 7) is 9.66. The molecule has 10 nitrogen and oxygen atoms in total. The third-order valence-electron chi connectivity index (χ3n) is 8.30. The van der Waals surface area contributed by atoms with E-state index in [1.54, 1.807) is 21.4 Å². The molecule has 2 aromatic carbocycles. The van der Waals surface area contributed by atoms with E-state index >= 15 is 0 Å². The quantitative estimate of drug-likeness (QED) is 0.305. The third kappa shape index (κ3) is 6.98. The minimum Gasteiger partial charge on any atom is -0.308 e. The number of piperidine rings is 1. The first-order valence-corrected chi connectivity index (χ1v) is 17.4. The molecule has 0 unspecified atom stereocenters. The van der Waals surface area contributed by atoms with Crippen molar-refractivity contribution in [1.82, 2.24) is 22.8 Å². The molecule has 45 heavy (non-hydrogen) atoms. The zero-order chi connectivity index (χ0) is 31.8. The van der Waals surface area contributed by atoms with Gasteiger partial charge < -0.3 is 5.32 Å². The SMILES string of the molecule is Cc1ccc(-n2nc(C(C)(C)C)cc2NC(=O)Nc2ccc(CC3CCN(S(=O)(=O)N4C=c5cnsc5=CC4)CC3)cc2)cc1. The van der Waals surface area contributed by atoms with Crippen molar-refractivity contribution in [3.05, 3.63) is 87.4 Å². The highest BCUT2D eigenvalue weighted by Gasteiger charge is 2.32. The topological polar surface area (TPSA) is 112 Å². The van der Waals surface area contributed by atoms with Crippen molar-refractivity contribution >= 4 is 51.6 Å². The number of nitrogens with one attached hydrogen (secondary N) is 2. The Bertz CT molecular complexity index is 1900. The van der Waals surface area contributed by atoms with Crippen LogP contribution in [-0.4, -0.2) is 56.8 Å². The van der Waals surface area contributed by atoms with Gasteiger partial charge in [0, 0.05) is 41.7 Å². The van der Waals surface area contributed by atoms with E-state index in [0.29, 0.717) is 37.1 Å². The fourth-order valence-corrected chi connectivity index (χ4v) is 7.72. The maximum atomic E-state index is 13.3. The van der Waals surface area contributed by atoms with E-state index in [0.717, 1.165) is 51.5 Å². The first-order chi connectivity index (χ1) is 21.5. The maximum absolute atomic E-state index is 13.3. The molecular weight excluding hydrogens is 607 g/mol. The minimum absolute atomic E-state index is 0.180. The number of urea groups is 1. The number of carbonyl (C=O) groups is 1. The number of aromatic nitrogens is 3. The summed E-state index contributed by atoms with van der Waals surface area (Å²) in [6, 6.07) is 17.5. The molecule has 0 spiro atoms. The molecule has 0 radical (unpaired) electrons. The van der Waals surface area contributed by atoms with Crippen LogP contribution in [0.2, 0.25) is 0 Å². The smallest absolute Gasteiger partial charge is 0.308 e. The molecule has 6 rings (SSSR count). The van der Waals surface area contributed by atoms with Gasteiger partial charge in [0.2, 0.25) is 0 Å². The Hall–Kier alpha value is -4.00. The van der Waals surface area contributed by atoms with Crippen molar-refractivity contribution in [2.45, 2.75) is 52.4 Å². The van der Waals surface area contributed by atoms with Gasteiger partial charge in [0.15, 0.2) is 0 Å². The first-order valence-electron chi connectivity index (χ1n) is 15.2. The van der Waals surface area contributed by atoms with E-state index in [1.807, 2.05) is 67.6 Å². The van der Waals surface area contributed by atoms with Crippen LogP contribution in [0.15, 0.2) is 60.8 Å². The van der Waals surface area contributed by atoms with Gasteiger partial charge in [-0.25, -0.2) is 9.48 Å². The Balaban J connectivity index is 1.04. The monoisotopic (exact) mass is 645 g/mol. The molecule has 2 amide bonds. The second kappa shape index (κ2) is 12.4. The number of rotatable bonds is 7. The van der Waals surface area contributed by atoms with Gasteiger partial charge in [0.05, 0.1) is 28.7 Å². The Morgan fingerprint density at radius 2 is 1.73 bits per heavy atom. The van der Waals surface area contributed by atoms with E-state index in [2.05, 4.69) is 35.8 Å². The van der Waals surface area contributed by atoms with Crippen molar-refractivity contribution in [2.24, 2.45) is 5.92 Å². The number of benzene rings is 2. The van der Waals surface area contributed by atoms with Crippen LogP contribution in [0.5, 0.6) is 0 Å². The molecule has 0 bridgehead atoms. The summed E-state index contributed by atoms with van der Waals surface area (Å²) in [5.41, 5.74) is 4.57. The zero-order valence-electron chi connectivity index (χ0n) is 26.0. The molecule has 12 heteroatoms. The van der Waals surface area contributed by atoms with Crippen LogP contribution in [0.25, 0.3) is 18.0 Å². The van der Waals surface area contributed by atoms with E-state index < -0.39 is 10.2 Å². The molecule has 4 heterocycles. The van der Waals surface area contributed by atoms with Crippen LogP contribution < -0.4 is 20.4 Å². The molecule has 0 saturated carbocycles. The number of anilines is 2. The molecule has 2 aromatic heterocycles. The number of aryl methyl sites for hydroxylation is 1. The van der Waals surface area contributed by atoms with E-state index in [1.165, 1.54) is 15.8 Å². The molecule has 236 valence electrons. The van der Waals surface area contributed by atoms with E-state index in [9.17, 15) is 13.2 Å². The summed E-state index contributed by atoms with van der Waals surface area (Å²) in [7, 11) is -3.56. The largest absolute Gasteiger partial charge is 0.324 e. The molecule has 4 aromatic rings. The predicted molar refractivity (Wildman–Crippen MR) is 180 cm³/mol. The zero-order valence-corrected chi connectivity index (χ0v) is 27.7. The summed E-state index contributed by atoms with van der Waals surface area (Å²) in [4.78, 5) is 13.0. The first kappa shape index (κ1) is 31.0. The number of fused-ring (bicyclic) bond motifs is 1. The Morgan fingerprint density at radius 1 is 1.02 bits per heavy atom. The van der Waals surface area contributed by atoms with Gasteiger partial charge in [0.25, 0.3) is 0 Å². The fourth-order valence-electron chi connectivity index (χ4n) is 5.60. The Morgan fingerprint density at radius 3 is 2.42 bits per heavy atom. The van der Waals surface area contributed by atoms with Crippen LogP contribution >= 0.6 is 11.5 Å². The average molecular weight is 646 g/mol. The van der Waals surface area contributed by atoms with Crippen molar-refractivity contribution in [1.29, 1.82) is 0 Å². The molecule has 2 aliphatic rings. The molecule has 2 N–H and O–H groups in total. The molecule has 2 aliphatic heterocycles. The van der Waals surface area contributed by atoms with Crippen molar-refractivity contribution in [3.63, 3.8) is 0 Å². The lowest BCUT2D eigenvalue weighted by Crippen LogP contribution is -2.47. The lowest BCUT2D eigenvalue weighted by atomic mass is 9.91. The predicted octanol–water partition coefficient (Wildman–Crippen LogP) is 4.61. The summed E-state index contributed by atoms with van der Waals surface area (Å²) >= 11 is 1.38. The minimum atomic E-state index is -3.56.